The second kappa shape index (κ2) is 15.5. The van der Waals surface area contributed by atoms with Crippen LogP contribution in [-0.4, -0.2) is 76.5 Å². The maximum Gasteiger partial charge on any atom is 0.407 e. The number of nitrogens with zero attached hydrogens (tertiary/aromatic N) is 3. The van der Waals surface area contributed by atoms with Crippen LogP contribution in [0.2, 0.25) is 0 Å². The third-order valence-electron chi connectivity index (χ3n) is 8.66. The lowest BCUT2D eigenvalue weighted by Crippen LogP contribution is -2.40. The van der Waals surface area contributed by atoms with Gasteiger partial charge in [0.05, 0.1) is 35.2 Å². The molecule has 1 aliphatic heterocycles. The lowest BCUT2D eigenvalue weighted by Gasteiger charge is -2.23. The quantitative estimate of drug-likeness (QED) is 0.105. The summed E-state index contributed by atoms with van der Waals surface area (Å²) in [6, 6.07) is 20.9. The average Bonchev–Trinajstić information content (AvgIpc) is 3.88. The number of likely N-dealkylation sites (tertiary alicyclic amines) is 1. The van der Waals surface area contributed by atoms with E-state index in [1.54, 1.807) is 11.9 Å². The highest BCUT2D eigenvalue weighted by Gasteiger charge is 2.32. The Balaban J connectivity index is 1.03. The van der Waals surface area contributed by atoms with E-state index in [4.69, 9.17) is 9.97 Å². The monoisotopic (exact) mass is 660 g/mol. The van der Waals surface area contributed by atoms with Gasteiger partial charge in [-0.25, -0.2) is 14.8 Å². The highest BCUT2D eigenvalue weighted by molar-refractivity contribution is 5.84. The summed E-state index contributed by atoms with van der Waals surface area (Å²) < 4.78 is 4.57. The number of unbranched alkanes of at least 4 members (excludes halogenated alkanes) is 1. The van der Waals surface area contributed by atoms with Gasteiger partial charge in [0.2, 0.25) is 11.8 Å². The van der Waals surface area contributed by atoms with Gasteiger partial charge in [0, 0.05) is 30.6 Å². The number of H-pyrrole nitrogens is 2. The molecule has 0 radical (unpaired) electrons. The molecule has 252 valence electrons. The van der Waals surface area contributed by atoms with Crippen LogP contribution in [0.5, 0.6) is 0 Å². The first-order valence-corrected chi connectivity index (χ1v) is 16.5. The van der Waals surface area contributed by atoms with Gasteiger partial charge < -0.3 is 35.6 Å². The second-order valence-corrected chi connectivity index (χ2v) is 12.0. The number of rotatable bonds is 11. The first-order valence-electron chi connectivity index (χ1n) is 16.5. The van der Waals surface area contributed by atoms with Crippen molar-refractivity contribution >= 4 is 40.0 Å². The van der Waals surface area contributed by atoms with Crippen LogP contribution in [0.1, 0.15) is 66.1 Å². The molecule has 12 nitrogen and oxygen atoms in total. The van der Waals surface area contributed by atoms with E-state index >= 15 is 0 Å². The number of carbonyl (C=O) groups is 3. The van der Waals surface area contributed by atoms with E-state index < -0.39 is 6.09 Å². The fourth-order valence-corrected chi connectivity index (χ4v) is 6.16. The molecule has 0 saturated carbocycles. The summed E-state index contributed by atoms with van der Waals surface area (Å²) in [6.45, 7) is 1.09. The Morgan fingerprint density at radius 1 is 0.939 bits per heavy atom. The minimum atomic E-state index is -0.635. The number of aromatic amines is 2. The van der Waals surface area contributed by atoms with Gasteiger partial charge in [-0.1, -0.05) is 42.2 Å². The van der Waals surface area contributed by atoms with Crippen LogP contribution >= 0.6 is 0 Å². The van der Waals surface area contributed by atoms with E-state index in [1.165, 1.54) is 7.11 Å². The number of nitrogens with one attached hydrogen (secondary N) is 5. The van der Waals surface area contributed by atoms with E-state index in [1.807, 2.05) is 66.7 Å². The van der Waals surface area contributed by atoms with Crippen molar-refractivity contribution in [1.29, 1.82) is 0 Å². The molecule has 0 aliphatic carbocycles. The topological polar surface area (TPSA) is 157 Å². The SMILES string of the molecule is CNC(C(=O)NCCCCc1nc2ccc(C#Cc3ccc4nc(C5CCCN5C(=O)CNC(=O)OC)[nH]c4c3)cc2[nH]1)c1ccccc1. The maximum absolute atomic E-state index is 12.8. The third kappa shape index (κ3) is 8.08. The van der Waals surface area contributed by atoms with Crippen molar-refractivity contribution < 1.29 is 19.1 Å². The number of aryl methyl sites for hydroxylation is 1. The number of hydrogen-bond acceptors (Lipinski definition) is 7. The molecule has 0 spiro atoms. The van der Waals surface area contributed by atoms with Gasteiger partial charge in [-0.2, -0.15) is 0 Å². The predicted octanol–water partition coefficient (Wildman–Crippen LogP) is 4.26. The van der Waals surface area contributed by atoms with E-state index in [-0.39, 0.29) is 30.4 Å². The summed E-state index contributed by atoms with van der Waals surface area (Å²) in [5, 5.41) is 8.58. The Bertz CT molecular complexity index is 2010. The van der Waals surface area contributed by atoms with Crippen molar-refractivity contribution in [2.24, 2.45) is 0 Å². The number of likely N-dealkylation sites (N-methyl/N-ethyl adjacent to an activating group) is 1. The molecule has 3 heterocycles. The molecule has 2 unspecified atom stereocenters. The summed E-state index contributed by atoms with van der Waals surface area (Å²) in [5.74, 6) is 7.94. The Labute approximate surface area is 284 Å². The lowest BCUT2D eigenvalue weighted by molar-refractivity contribution is -0.131. The lowest BCUT2D eigenvalue weighted by atomic mass is 10.1. The number of hydrogen-bond donors (Lipinski definition) is 5. The number of imidazole rings is 2. The molecular weight excluding hydrogens is 620 g/mol. The Hall–Kier alpha value is -5.67. The van der Waals surface area contributed by atoms with Crippen LogP contribution in [0, 0.1) is 11.8 Å². The largest absolute Gasteiger partial charge is 0.453 e. The molecule has 2 aromatic heterocycles. The highest BCUT2D eigenvalue weighted by Crippen LogP contribution is 2.31. The molecule has 1 aliphatic rings. The first-order chi connectivity index (χ1) is 23.9. The van der Waals surface area contributed by atoms with Crippen LogP contribution in [0.25, 0.3) is 22.1 Å². The summed E-state index contributed by atoms with van der Waals surface area (Å²) in [4.78, 5) is 54.9. The average molecular weight is 661 g/mol. The van der Waals surface area contributed by atoms with Crippen molar-refractivity contribution in [3.8, 4) is 11.8 Å². The molecule has 3 amide bonds. The Morgan fingerprint density at radius 2 is 1.65 bits per heavy atom. The van der Waals surface area contributed by atoms with Crippen molar-refractivity contribution in [1.82, 2.24) is 40.8 Å². The number of amides is 3. The second-order valence-electron chi connectivity index (χ2n) is 12.0. The van der Waals surface area contributed by atoms with Crippen LogP contribution in [0.3, 0.4) is 0 Å². The predicted molar refractivity (Wildman–Crippen MR) is 186 cm³/mol. The highest BCUT2D eigenvalue weighted by atomic mass is 16.5. The zero-order chi connectivity index (χ0) is 34.2. The smallest absolute Gasteiger partial charge is 0.407 e. The minimum Gasteiger partial charge on any atom is -0.453 e. The molecule has 1 fully saturated rings. The van der Waals surface area contributed by atoms with Gasteiger partial charge in [0.25, 0.3) is 0 Å². The van der Waals surface area contributed by atoms with Gasteiger partial charge >= 0.3 is 6.09 Å². The zero-order valence-electron chi connectivity index (χ0n) is 27.6. The third-order valence-corrected chi connectivity index (χ3v) is 8.66. The normalized spacial score (nSPS) is 14.7. The molecular formula is C37H40N8O4. The Morgan fingerprint density at radius 3 is 2.37 bits per heavy atom. The standard InChI is InChI=1S/C37H40N8O4/c1-38-34(26-9-4-3-5-10-26)36(47)39-19-7-6-12-32-41-27-17-15-24(21-29(27)42-32)13-14-25-16-18-28-30(22-25)44-35(43-28)31-11-8-20-45(31)33(46)23-40-37(48)49-2/h3-5,9-10,15-18,21-22,31,34,38H,6-8,11-12,19-20,23H2,1-2H3,(H,39,47)(H,40,48)(H,41,42)(H,43,44). The van der Waals surface area contributed by atoms with E-state index in [9.17, 15) is 14.4 Å². The zero-order valence-corrected chi connectivity index (χ0v) is 27.6. The van der Waals surface area contributed by atoms with Crippen LogP contribution in [0.4, 0.5) is 4.79 Å². The number of methoxy groups -OCH3 is 1. The summed E-state index contributed by atoms with van der Waals surface area (Å²) in [6.07, 6.45) is 3.53. The fourth-order valence-electron chi connectivity index (χ4n) is 6.16. The molecule has 6 rings (SSSR count). The summed E-state index contributed by atoms with van der Waals surface area (Å²) >= 11 is 0. The number of fused-ring (bicyclic) bond motifs is 2. The number of alkyl carbamates (subject to hydrolysis) is 1. The summed E-state index contributed by atoms with van der Waals surface area (Å²) in [7, 11) is 3.06. The van der Waals surface area contributed by atoms with Crippen LogP contribution < -0.4 is 16.0 Å². The molecule has 12 heteroatoms. The number of aromatic nitrogens is 4. The van der Waals surface area contributed by atoms with Crippen LogP contribution in [-0.2, 0) is 20.7 Å². The minimum absolute atomic E-state index is 0.0307. The molecule has 0 bridgehead atoms. The number of ether oxygens (including phenoxy) is 1. The van der Waals surface area contributed by atoms with Crippen molar-refractivity contribution in [2.45, 2.75) is 44.2 Å². The fraction of sp³-hybridized carbons (Fsp3) is 0.324. The molecule has 2 atom stereocenters. The first kappa shape index (κ1) is 33.2. The van der Waals surface area contributed by atoms with Crippen LogP contribution in [0.15, 0.2) is 66.7 Å². The number of benzene rings is 3. The van der Waals surface area contributed by atoms with Gasteiger partial charge in [-0.15, -0.1) is 0 Å². The van der Waals surface area contributed by atoms with E-state index in [0.29, 0.717) is 13.1 Å². The van der Waals surface area contributed by atoms with Gasteiger partial charge in [0.1, 0.15) is 24.2 Å². The Kier molecular flexibility index (Phi) is 10.5. The van der Waals surface area contributed by atoms with Gasteiger partial charge in [-0.05, 0) is 74.7 Å². The van der Waals surface area contributed by atoms with Crippen molar-refractivity contribution in [3.63, 3.8) is 0 Å². The molecule has 3 aromatic carbocycles. The van der Waals surface area contributed by atoms with E-state index in [0.717, 1.165) is 82.5 Å². The summed E-state index contributed by atoms with van der Waals surface area (Å²) in [5.41, 5.74) is 6.12. The van der Waals surface area contributed by atoms with Crippen molar-refractivity contribution in [2.75, 3.05) is 33.8 Å². The van der Waals surface area contributed by atoms with Crippen molar-refractivity contribution in [3.05, 3.63) is 95.1 Å². The maximum atomic E-state index is 12.8. The van der Waals surface area contributed by atoms with Gasteiger partial charge in [0.15, 0.2) is 0 Å². The molecule has 1 saturated heterocycles. The molecule has 5 N–H and O–H groups in total. The number of carbonyl (C=O) groups excluding carboxylic acids is 3. The van der Waals surface area contributed by atoms with E-state index in [2.05, 4.69) is 42.5 Å². The van der Waals surface area contributed by atoms with Gasteiger partial charge in [-0.3, -0.25) is 9.59 Å². The molecule has 49 heavy (non-hydrogen) atoms. The molecule has 5 aromatic rings.